The third-order valence-electron chi connectivity index (χ3n) is 4.98. The predicted octanol–water partition coefficient (Wildman–Crippen LogP) is 2.45. The molecule has 0 atom stereocenters. The molecule has 10 nitrogen and oxygen atoms in total. The molecule has 1 aliphatic heterocycles. The number of hydrazone groups is 1. The summed E-state index contributed by atoms with van der Waals surface area (Å²) >= 11 is 0. The van der Waals surface area contributed by atoms with E-state index in [-0.39, 0.29) is 23.0 Å². The van der Waals surface area contributed by atoms with E-state index in [2.05, 4.69) is 5.10 Å². The van der Waals surface area contributed by atoms with Gasteiger partial charge in [0.15, 0.2) is 0 Å². The van der Waals surface area contributed by atoms with Gasteiger partial charge >= 0.3 is 0 Å². The van der Waals surface area contributed by atoms with E-state index in [4.69, 9.17) is 9.11 Å². The molecule has 33 heavy (non-hydrogen) atoms. The summed E-state index contributed by atoms with van der Waals surface area (Å²) in [5.74, 6) is -0.685. The third kappa shape index (κ3) is 6.26. The fourth-order valence-corrected chi connectivity index (χ4v) is 4.20. The lowest BCUT2D eigenvalue weighted by Gasteiger charge is -2.19. The summed E-state index contributed by atoms with van der Waals surface area (Å²) in [6.45, 7) is 2.13. The van der Waals surface area contributed by atoms with E-state index in [1.54, 1.807) is 20.0 Å². The number of nitrogens with zero attached hydrogens (tertiary/aromatic N) is 3. The van der Waals surface area contributed by atoms with E-state index in [1.807, 2.05) is 29.2 Å². The van der Waals surface area contributed by atoms with Crippen molar-refractivity contribution >= 4 is 49.3 Å². The first kappa shape index (κ1) is 24.6. The van der Waals surface area contributed by atoms with Gasteiger partial charge in [-0.2, -0.15) is 26.9 Å². The van der Waals surface area contributed by atoms with E-state index in [0.29, 0.717) is 23.5 Å². The molecule has 0 saturated heterocycles. The molecule has 176 valence electrons. The Morgan fingerprint density at radius 1 is 1.00 bits per heavy atom. The third-order valence-corrected chi connectivity index (χ3v) is 6.65. The molecular formula is C21H23N3O7S2. The zero-order chi connectivity index (χ0) is 24.4. The summed E-state index contributed by atoms with van der Waals surface area (Å²) in [7, 11) is -6.51. The molecule has 0 aromatic heterocycles. The Morgan fingerprint density at radius 2 is 1.61 bits per heavy atom. The summed E-state index contributed by atoms with van der Waals surface area (Å²) in [6, 6.07) is 12.4. The van der Waals surface area contributed by atoms with Crippen molar-refractivity contribution in [1.29, 1.82) is 0 Å². The highest BCUT2D eigenvalue weighted by Crippen LogP contribution is 2.26. The van der Waals surface area contributed by atoms with Gasteiger partial charge in [0.25, 0.3) is 26.1 Å². The largest absolute Gasteiger partial charge is 0.375 e. The average molecular weight is 494 g/mol. The Morgan fingerprint density at radius 3 is 2.15 bits per heavy atom. The Labute approximate surface area is 192 Å². The second-order valence-electron chi connectivity index (χ2n) is 7.48. The summed E-state index contributed by atoms with van der Waals surface area (Å²) in [5, 5.41) is 5.41. The molecule has 0 spiro atoms. The molecule has 0 fully saturated rings. The second-order valence-corrected chi connectivity index (χ2v) is 10.5. The van der Waals surface area contributed by atoms with E-state index in [1.165, 1.54) is 24.3 Å². The maximum absolute atomic E-state index is 12.9. The molecule has 1 heterocycles. The maximum Gasteiger partial charge on any atom is 0.294 e. The van der Waals surface area contributed by atoms with Crippen LogP contribution in [0.1, 0.15) is 18.9 Å². The van der Waals surface area contributed by atoms with Gasteiger partial charge in [0, 0.05) is 19.3 Å². The molecule has 3 rings (SSSR count). The van der Waals surface area contributed by atoms with Crippen LogP contribution in [0, 0.1) is 0 Å². The summed E-state index contributed by atoms with van der Waals surface area (Å²) in [6.07, 6.45) is 1.97. The SMILES string of the molecule is CC1=NN(c2ccc(S(=O)(=O)O)cc2)C(=O)/C1=C/c1ccc(N(C)CCCS(=O)(=O)O)cc1. The zero-order valence-corrected chi connectivity index (χ0v) is 19.5. The molecule has 0 aliphatic carbocycles. The molecule has 1 aliphatic rings. The Balaban J connectivity index is 1.72. The number of hydrogen-bond donors (Lipinski definition) is 2. The Hall–Kier alpha value is -3.06. The quantitative estimate of drug-likeness (QED) is 0.421. The minimum Gasteiger partial charge on any atom is -0.375 e. The molecule has 0 bridgehead atoms. The van der Waals surface area contributed by atoms with Crippen LogP contribution in [-0.4, -0.2) is 56.9 Å². The van der Waals surface area contributed by atoms with Crippen LogP contribution in [-0.2, 0) is 25.0 Å². The van der Waals surface area contributed by atoms with Crippen LogP contribution < -0.4 is 9.91 Å². The molecule has 0 radical (unpaired) electrons. The fourth-order valence-electron chi connectivity index (χ4n) is 3.22. The van der Waals surface area contributed by atoms with E-state index >= 15 is 0 Å². The minimum absolute atomic E-state index is 0.280. The van der Waals surface area contributed by atoms with Crippen LogP contribution in [0.3, 0.4) is 0 Å². The summed E-state index contributed by atoms with van der Waals surface area (Å²) in [5.41, 5.74) is 2.83. The molecule has 2 aromatic rings. The number of carbonyl (C=O) groups excluding carboxylic acids is 1. The number of hydrogen-bond acceptors (Lipinski definition) is 7. The maximum atomic E-state index is 12.9. The molecule has 2 N–H and O–H groups in total. The lowest BCUT2D eigenvalue weighted by Crippen LogP contribution is -2.21. The molecule has 12 heteroatoms. The van der Waals surface area contributed by atoms with Crippen molar-refractivity contribution in [3.8, 4) is 0 Å². The molecule has 0 unspecified atom stereocenters. The monoisotopic (exact) mass is 493 g/mol. The highest BCUT2D eigenvalue weighted by atomic mass is 32.2. The lowest BCUT2D eigenvalue weighted by atomic mass is 10.1. The van der Waals surface area contributed by atoms with Gasteiger partial charge in [-0.25, -0.2) is 0 Å². The van der Waals surface area contributed by atoms with E-state index in [9.17, 15) is 21.6 Å². The average Bonchev–Trinajstić information content (AvgIpc) is 3.01. The first-order chi connectivity index (χ1) is 15.3. The van der Waals surface area contributed by atoms with Gasteiger partial charge in [0.2, 0.25) is 0 Å². The highest BCUT2D eigenvalue weighted by Gasteiger charge is 2.29. The van der Waals surface area contributed by atoms with Crippen molar-refractivity contribution in [1.82, 2.24) is 0 Å². The van der Waals surface area contributed by atoms with Crippen molar-refractivity contribution in [3.63, 3.8) is 0 Å². The molecule has 0 saturated carbocycles. The Kier molecular flexibility index (Phi) is 7.03. The van der Waals surface area contributed by atoms with E-state index in [0.717, 1.165) is 16.3 Å². The van der Waals surface area contributed by atoms with Gasteiger partial charge < -0.3 is 4.90 Å². The number of carbonyl (C=O) groups is 1. The van der Waals surface area contributed by atoms with Gasteiger partial charge in [-0.3, -0.25) is 13.9 Å². The fraction of sp³-hybridized carbons (Fsp3) is 0.238. The van der Waals surface area contributed by atoms with Gasteiger partial charge in [-0.15, -0.1) is 0 Å². The molecular weight excluding hydrogens is 470 g/mol. The van der Waals surface area contributed by atoms with Crippen molar-refractivity contribution in [2.24, 2.45) is 5.10 Å². The number of benzene rings is 2. The summed E-state index contributed by atoms with van der Waals surface area (Å²) < 4.78 is 62.0. The van der Waals surface area contributed by atoms with Crippen LogP contribution in [0.2, 0.25) is 0 Å². The van der Waals surface area contributed by atoms with Crippen molar-refractivity contribution < 1.29 is 30.7 Å². The van der Waals surface area contributed by atoms with Crippen molar-refractivity contribution in [2.75, 3.05) is 29.3 Å². The van der Waals surface area contributed by atoms with Crippen LogP contribution >= 0.6 is 0 Å². The highest BCUT2D eigenvalue weighted by molar-refractivity contribution is 7.86. The Bertz CT molecular complexity index is 1310. The zero-order valence-electron chi connectivity index (χ0n) is 17.9. The van der Waals surface area contributed by atoms with Crippen LogP contribution in [0.25, 0.3) is 6.08 Å². The molecule has 2 aromatic carbocycles. The number of rotatable bonds is 8. The normalized spacial score (nSPS) is 15.8. The predicted molar refractivity (Wildman–Crippen MR) is 126 cm³/mol. The topological polar surface area (TPSA) is 145 Å². The van der Waals surface area contributed by atoms with Gasteiger partial charge in [-0.05, 0) is 61.4 Å². The number of anilines is 2. The van der Waals surface area contributed by atoms with Crippen LogP contribution in [0.5, 0.6) is 0 Å². The van der Waals surface area contributed by atoms with Crippen LogP contribution in [0.4, 0.5) is 11.4 Å². The van der Waals surface area contributed by atoms with Gasteiger partial charge in [0.1, 0.15) is 0 Å². The van der Waals surface area contributed by atoms with Crippen LogP contribution in [0.15, 0.2) is 64.1 Å². The van der Waals surface area contributed by atoms with Gasteiger partial charge in [-0.1, -0.05) is 12.1 Å². The first-order valence-corrected chi connectivity index (χ1v) is 12.9. The van der Waals surface area contributed by atoms with Crippen molar-refractivity contribution in [2.45, 2.75) is 18.2 Å². The molecule has 1 amide bonds. The lowest BCUT2D eigenvalue weighted by molar-refractivity contribution is -0.114. The van der Waals surface area contributed by atoms with E-state index < -0.39 is 20.2 Å². The van der Waals surface area contributed by atoms with Crippen molar-refractivity contribution in [3.05, 3.63) is 59.7 Å². The smallest absolute Gasteiger partial charge is 0.294 e. The summed E-state index contributed by atoms with van der Waals surface area (Å²) in [4.78, 5) is 14.4. The minimum atomic E-state index is -4.33. The number of amides is 1. The second kappa shape index (κ2) is 9.43. The standard InChI is InChI=1S/C21H23N3O7S2/c1-15-20(21(25)24(22-15)18-8-10-19(11-9-18)33(29,30)31)14-16-4-6-17(7-5-16)23(2)12-3-13-32(26,27)28/h4-11,14H,3,12-13H2,1-2H3,(H,26,27,28)(H,29,30,31)/b20-14+. The van der Waals surface area contributed by atoms with Gasteiger partial charge in [0.05, 0.1) is 27.6 Å². The first-order valence-electron chi connectivity index (χ1n) is 9.81.